The second kappa shape index (κ2) is 13.8. The van der Waals surface area contributed by atoms with Crippen LogP contribution in [-0.4, -0.2) is 78.1 Å². The van der Waals surface area contributed by atoms with Crippen molar-refractivity contribution >= 4 is 29.6 Å². The molecule has 0 bridgehead atoms. The number of ketones is 1. The van der Waals surface area contributed by atoms with E-state index in [4.69, 9.17) is 33.2 Å². The third-order valence-electron chi connectivity index (χ3n) is 6.15. The molecule has 1 aliphatic heterocycles. The Kier molecular flexibility index (Phi) is 10.6. The number of Topliss-reactive ketones (excluding diaryl/α,β-unsaturated/α-hetero) is 1. The maximum absolute atomic E-state index is 13.5. The molecule has 1 unspecified atom stereocenters. The van der Waals surface area contributed by atoms with Gasteiger partial charge < -0.3 is 38.5 Å². The summed E-state index contributed by atoms with van der Waals surface area (Å²) in [6, 6.07) is 5.77. The summed E-state index contributed by atoms with van der Waals surface area (Å²) in [5.41, 5.74) is 0.977. The van der Waals surface area contributed by atoms with Crippen LogP contribution in [0.3, 0.4) is 0 Å². The van der Waals surface area contributed by atoms with E-state index >= 15 is 0 Å². The van der Waals surface area contributed by atoms with E-state index in [1.54, 1.807) is 24.3 Å². The number of methoxy groups -OCH3 is 5. The summed E-state index contributed by atoms with van der Waals surface area (Å²) in [5.74, 6) is 1.06. The molecule has 2 aromatic rings. The third kappa shape index (κ3) is 6.80. The summed E-state index contributed by atoms with van der Waals surface area (Å²) < 4.78 is 37.8. The van der Waals surface area contributed by atoms with Crippen molar-refractivity contribution in [2.45, 2.75) is 18.9 Å². The second-order valence-corrected chi connectivity index (χ2v) is 9.46. The highest BCUT2D eigenvalue weighted by atomic mass is 32.2. The molecule has 11 nitrogen and oxygen atoms in total. The molecule has 212 valence electrons. The average molecular weight is 564 g/mol. The van der Waals surface area contributed by atoms with Crippen LogP contribution in [-0.2, 0) is 16.0 Å². The molecule has 1 amide bonds. The molecule has 0 radical (unpaired) electrons. The quantitative estimate of drug-likeness (QED) is 0.381. The molecule has 0 saturated carbocycles. The maximum Gasteiger partial charge on any atom is 0.413 e. The number of thioether (sulfide) groups is 1. The van der Waals surface area contributed by atoms with E-state index in [9.17, 15) is 14.4 Å². The molecule has 0 aromatic heterocycles. The minimum atomic E-state index is -0.855. The zero-order chi connectivity index (χ0) is 28.5. The van der Waals surface area contributed by atoms with Crippen molar-refractivity contribution in [1.82, 2.24) is 5.32 Å². The van der Waals surface area contributed by atoms with Crippen LogP contribution in [0.4, 0.5) is 4.79 Å². The number of hydrogen-bond donors (Lipinski definition) is 1. The minimum Gasteiger partial charge on any atom is -0.493 e. The Morgan fingerprint density at radius 3 is 2.33 bits per heavy atom. The van der Waals surface area contributed by atoms with Crippen molar-refractivity contribution in [3.63, 3.8) is 0 Å². The number of carbonyl (C=O) groups is 3. The molecule has 1 aliphatic rings. The van der Waals surface area contributed by atoms with Crippen molar-refractivity contribution in [1.29, 1.82) is 0 Å². The Hall–Kier alpha value is -3.80. The minimum absolute atomic E-state index is 0.128. The number of carbonyl (C=O) groups excluding carboxylic acids is 3. The van der Waals surface area contributed by atoms with E-state index in [2.05, 4.69) is 5.32 Å². The number of rotatable bonds is 12. The summed E-state index contributed by atoms with van der Waals surface area (Å²) >= 11 is 1.54. The number of amides is 1. The molecule has 12 heteroatoms. The standard InChI is InChI=1S/C27H33NO10S/c1-32-18-8-7-15(12-19(18)38-27(31)28-17(9-10-39-6)26(30)36-5)11-16-14-37-20-13-21(33-2)24(34-3)25(35-4)22(20)23(16)29/h7-8,12-13,16-17H,9-11,14H2,1-6H3,(H,28,31)/t16?,17-/m0/s1. The lowest BCUT2D eigenvalue weighted by atomic mass is 9.88. The molecule has 1 heterocycles. The third-order valence-corrected chi connectivity index (χ3v) is 6.80. The van der Waals surface area contributed by atoms with Crippen LogP contribution in [0.5, 0.6) is 34.5 Å². The maximum atomic E-state index is 13.5. The molecule has 39 heavy (non-hydrogen) atoms. The van der Waals surface area contributed by atoms with Gasteiger partial charge in [0.25, 0.3) is 0 Å². The number of benzene rings is 2. The second-order valence-electron chi connectivity index (χ2n) is 8.47. The number of nitrogens with one attached hydrogen (secondary N) is 1. The van der Waals surface area contributed by atoms with E-state index in [1.165, 1.54) is 47.3 Å². The summed E-state index contributed by atoms with van der Waals surface area (Å²) in [6.07, 6.45) is 1.73. The zero-order valence-electron chi connectivity index (χ0n) is 22.8. The van der Waals surface area contributed by atoms with E-state index in [0.29, 0.717) is 40.7 Å². The number of fused-ring (bicyclic) bond motifs is 1. The Balaban J connectivity index is 1.81. The lowest BCUT2D eigenvalue weighted by molar-refractivity contribution is -0.142. The van der Waals surface area contributed by atoms with Crippen LogP contribution in [0.25, 0.3) is 0 Å². The monoisotopic (exact) mass is 563 g/mol. The SMILES string of the molecule is COC(=O)[C@H](CCSC)NC(=O)Oc1cc(CC2COc3cc(OC)c(OC)c(OC)c3C2=O)ccc1OC. The van der Waals surface area contributed by atoms with Gasteiger partial charge in [0.1, 0.15) is 17.4 Å². The number of ether oxygens (including phenoxy) is 7. The number of hydrogen-bond acceptors (Lipinski definition) is 11. The van der Waals surface area contributed by atoms with Gasteiger partial charge in [-0.15, -0.1) is 0 Å². The first-order valence-corrected chi connectivity index (χ1v) is 13.4. The molecule has 0 aliphatic carbocycles. The zero-order valence-corrected chi connectivity index (χ0v) is 23.6. The van der Waals surface area contributed by atoms with E-state index in [0.717, 1.165) is 0 Å². The smallest absolute Gasteiger partial charge is 0.413 e. The lowest BCUT2D eigenvalue weighted by Gasteiger charge is -2.27. The number of esters is 1. The first-order valence-electron chi connectivity index (χ1n) is 12.0. The molecule has 3 rings (SSSR count). The van der Waals surface area contributed by atoms with E-state index in [1.807, 2.05) is 6.26 Å². The van der Waals surface area contributed by atoms with Gasteiger partial charge in [-0.2, -0.15) is 11.8 Å². The highest BCUT2D eigenvalue weighted by Crippen LogP contribution is 2.47. The Labute approximate surface area is 231 Å². The summed E-state index contributed by atoms with van der Waals surface area (Å²) in [5, 5.41) is 2.54. The van der Waals surface area contributed by atoms with Gasteiger partial charge in [-0.25, -0.2) is 9.59 Å². The van der Waals surface area contributed by atoms with Gasteiger partial charge in [0.15, 0.2) is 28.8 Å². The van der Waals surface area contributed by atoms with E-state index in [-0.39, 0.29) is 35.9 Å². The fraction of sp³-hybridized carbons (Fsp3) is 0.444. The van der Waals surface area contributed by atoms with Crippen LogP contribution in [0.1, 0.15) is 22.3 Å². The van der Waals surface area contributed by atoms with Crippen LogP contribution in [0.15, 0.2) is 24.3 Å². The Morgan fingerprint density at radius 1 is 1.00 bits per heavy atom. The topological polar surface area (TPSA) is 128 Å². The van der Waals surface area contributed by atoms with E-state index < -0.39 is 24.0 Å². The van der Waals surface area contributed by atoms with Gasteiger partial charge in [-0.3, -0.25) is 4.79 Å². The summed E-state index contributed by atoms with van der Waals surface area (Å²) in [7, 11) is 7.09. The molecular formula is C27H33NO10S. The normalized spacial score (nSPS) is 14.8. The fourth-order valence-corrected chi connectivity index (χ4v) is 4.69. The Bertz CT molecular complexity index is 1200. The largest absolute Gasteiger partial charge is 0.493 e. The molecule has 0 saturated heterocycles. The van der Waals surface area contributed by atoms with Gasteiger partial charge in [0, 0.05) is 6.07 Å². The molecule has 2 aromatic carbocycles. The van der Waals surface area contributed by atoms with Crippen LogP contribution in [0.2, 0.25) is 0 Å². The van der Waals surface area contributed by atoms with Crippen molar-refractivity contribution < 1.29 is 47.5 Å². The van der Waals surface area contributed by atoms with Crippen molar-refractivity contribution in [3.05, 3.63) is 35.4 Å². The molecule has 2 atom stereocenters. The lowest BCUT2D eigenvalue weighted by Crippen LogP contribution is -2.43. The molecule has 1 N–H and O–H groups in total. The highest BCUT2D eigenvalue weighted by molar-refractivity contribution is 7.98. The predicted octanol–water partition coefficient (Wildman–Crippen LogP) is 3.54. The van der Waals surface area contributed by atoms with Gasteiger partial charge in [-0.1, -0.05) is 6.07 Å². The van der Waals surface area contributed by atoms with Gasteiger partial charge in [0.2, 0.25) is 5.75 Å². The van der Waals surface area contributed by atoms with Crippen LogP contribution < -0.4 is 33.7 Å². The molecule has 0 fully saturated rings. The summed E-state index contributed by atoms with van der Waals surface area (Å²) in [6.45, 7) is 0.128. The predicted molar refractivity (Wildman–Crippen MR) is 144 cm³/mol. The first kappa shape index (κ1) is 29.8. The first-order chi connectivity index (χ1) is 18.8. The van der Waals surface area contributed by atoms with Crippen molar-refractivity contribution in [2.24, 2.45) is 5.92 Å². The van der Waals surface area contributed by atoms with Gasteiger partial charge in [0.05, 0.1) is 48.1 Å². The van der Waals surface area contributed by atoms with Crippen LogP contribution >= 0.6 is 11.8 Å². The van der Waals surface area contributed by atoms with Gasteiger partial charge >= 0.3 is 12.1 Å². The molecular weight excluding hydrogens is 530 g/mol. The summed E-state index contributed by atoms with van der Waals surface area (Å²) in [4.78, 5) is 38.2. The van der Waals surface area contributed by atoms with Crippen LogP contribution in [0, 0.1) is 5.92 Å². The van der Waals surface area contributed by atoms with Crippen molar-refractivity contribution in [2.75, 3.05) is 54.2 Å². The average Bonchev–Trinajstić information content (AvgIpc) is 2.95. The van der Waals surface area contributed by atoms with Gasteiger partial charge in [-0.05, 0) is 42.5 Å². The fourth-order valence-electron chi connectivity index (χ4n) is 4.21. The molecule has 0 spiro atoms. The Morgan fingerprint density at radius 2 is 1.72 bits per heavy atom. The van der Waals surface area contributed by atoms with Crippen molar-refractivity contribution in [3.8, 4) is 34.5 Å². The highest BCUT2D eigenvalue weighted by Gasteiger charge is 2.35.